The number of primary amides is 1. The lowest BCUT2D eigenvalue weighted by molar-refractivity contribution is -0.118. The Balaban J connectivity index is 1.84. The fourth-order valence-electron chi connectivity index (χ4n) is 2.76. The lowest BCUT2D eigenvalue weighted by Gasteiger charge is -2.07. The number of hydrogen-bond acceptors (Lipinski definition) is 4. The molecular formula is C19H17BrN4O3. The third kappa shape index (κ3) is 4.17. The number of halogens is 1. The third-order valence-corrected chi connectivity index (χ3v) is 4.41. The van der Waals surface area contributed by atoms with E-state index in [1.165, 1.54) is 13.3 Å². The van der Waals surface area contributed by atoms with Gasteiger partial charge in [0.15, 0.2) is 0 Å². The molecule has 138 valence electrons. The number of ether oxygens (including phenoxy) is 1. The molecule has 0 aliphatic heterocycles. The van der Waals surface area contributed by atoms with Crippen molar-refractivity contribution in [1.29, 1.82) is 0 Å². The van der Waals surface area contributed by atoms with Gasteiger partial charge in [-0.15, -0.1) is 0 Å². The van der Waals surface area contributed by atoms with Crippen molar-refractivity contribution in [3.63, 3.8) is 0 Å². The standard InChI is InChI=1S/C19H17BrN4O3/c1-27-17-7-6-13(20)8-15(17)19(26)23-22-9-12-10-24(11-18(21)25)16-5-3-2-4-14(12)16/h2-10H,11H2,1H3,(H2,21,25)(H,23,26)/b22-9-. The molecule has 0 saturated heterocycles. The molecule has 1 aromatic heterocycles. The number of hydrogen-bond donors (Lipinski definition) is 2. The van der Waals surface area contributed by atoms with E-state index in [1.807, 2.05) is 24.3 Å². The second kappa shape index (κ2) is 8.05. The maximum Gasteiger partial charge on any atom is 0.275 e. The van der Waals surface area contributed by atoms with Crippen molar-refractivity contribution < 1.29 is 14.3 Å². The first-order valence-corrected chi connectivity index (χ1v) is 8.82. The summed E-state index contributed by atoms with van der Waals surface area (Å²) in [5.74, 6) is -0.386. The lowest BCUT2D eigenvalue weighted by Crippen LogP contribution is -2.18. The number of nitrogens with one attached hydrogen (secondary N) is 1. The molecule has 0 unspecified atom stereocenters. The first-order valence-electron chi connectivity index (χ1n) is 8.02. The normalized spacial score (nSPS) is 11.0. The van der Waals surface area contributed by atoms with Crippen molar-refractivity contribution >= 4 is 44.9 Å². The van der Waals surface area contributed by atoms with Crippen LogP contribution in [0.4, 0.5) is 0 Å². The maximum absolute atomic E-state index is 12.4. The zero-order valence-electron chi connectivity index (χ0n) is 14.5. The van der Waals surface area contributed by atoms with Gasteiger partial charge in [0.25, 0.3) is 5.91 Å². The average molecular weight is 429 g/mol. The van der Waals surface area contributed by atoms with E-state index in [1.54, 1.807) is 29.0 Å². The zero-order valence-corrected chi connectivity index (χ0v) is 16.1. The number of carbonyl (C=O) groups is 2. The number of hydrazone groups is 1. The molecule has 0 bridgehead atoms. The van der Waals surface area contributed by atoms with Crippen molar-refractivity contribution in [2.24, 2.45) is 10.8 Å². The second-order valence-corrected chi connectivity index (χ2v) is 6.66. The van der Waals surface area contributed by atoms with Crippen LogP contribution in [0.2, 0.25) is 0 Å². The molecule has 8 heteroatoms. The molecule has 3 aromatic rings. The molecule has 0 radical (unpaired) electrons. The number of nitrogens with two attached hydrogens (primary N) is 1. The Hall–Kier alpha value is -3.13. The summed E-state index contributed by atoms with van der Waals surface area (Å²) < 4.78 is 7.71. The average Bonchev–Trinajstić information content (AvgIpc) is 2.99. The van der Waals surface area contributed by atoms with E-state index in [4.69, 9.17) is 10.5 Å². The molecular weight excluding hydrogens is 412 g/mol. The number of rotatable bonds is 6. The number of aromatic nitrogens is 1. The number of amides is 2. The Morgan fingerprint density at radius 3 is 2.81 bits per heavy atom. The smallest absolute Gasteiger partial charge is 0.275 e. The van der Waals surface area contributed by atoms with E-state index in [2.05, 4.69) is 26.5 Å². The summed E-state index contributed by atoms with van der Waals surface area (Å²) in [6.45, 7) is 0.0654. The summed E-state index contributed by atoms with van der Waals surface area (Å²) in [5, 5.41) is 4.94. The molecule has 1 heterocycles. The number of benzene rings is 2. The van der Waals surface area contributed by atoms with Crippen LogP contribution in [0.1, 0.15) is 15.9 Å². The molecule has 0 aliphatic carbocycles. The van der Waals surface area contributed by atoms with Gasteiger partial charge in [-0.3, -0.25) is 9.59 Å². The number of fused-ring (bicyclic) bond motifs is 1. The molecule has 7 nitrogen and oxygen atoms in total. The highest BCUT2D eigenvalue weighted by molar-refractivity contribution is 9.10. The number of carbonyl (C=O) groups excluding carboxylic acids is 2. The van der Waals surface area contributed by atoms with Crippen molar-refractivity contribution in [2.45, 2.75) is 6.54 Å². The van der Waals surface area contributed by atoms with Crippen LogP contribution >= 0.6 is 15.9 Å². The lowest BCUT2D eigenvalue weighted by atomic mass is 10.2. The number of nitrogens with zero attached hydrogens (tertiary/aromatic N) is 2. The molecule has 0 saturated carbocycles. The maximum atomic E-state index is 12.4. The highest BCUT2D eigenvalue weighted by atomic mass is 79.9. The largest absolute Gasteiger partial charge is 0.496 e. The van der Waals surface area contributed by atoms with Gasteiger partial charge in [0, 0.05) is 27.1 Å². The van der Waals surface area contributed by atoms with E-state index in [9.17, 15) is 9.59 Å². The van der Waals surface area contributed by atoms with Crippen LogP contribution < -0.4 is 15.9 Å². The van der Waals surface area contributed by atoms with Crippen LogP contribution in [0, 0.1) is 0 Å². The fourth-order valence-corrected chi connectivity index (χ4v) is 3.12. The summed E-state index contributed by atoms with van der Waals surface area (Å²) in [6.07, 6.45) is 3.30. The van der Waals surface area contributed by atoms with Crippen molar-refractivity contribution in [3.05, 3.63) is 64.3 Å². The number of methoxy groups -OCH3 is 1. The van der Waals surface area contributed by atoms with Crippen LogP contribution in [0.15, 0.2) is 58.2 Å². The molecule has 0 aliphatic rings. The summed E-state index contributed by atoms with van der Waals surface area (Å²) in [7, 11) is 1.50. The van der Waals surface area contributed by atoms with Gasteiger partial charge in [0.1, 0.15) is 12.3 Å². The topological polar surface area (TPSA) is 98.7 Å². The Bertz CT molecular complexity index is 1040. The van der Waals surface area contributed by atoms with Gasteiger partial charge < -0.3 is 15.0 Å². The van der Waals surface area contributed by atoms with E-state index in [0.717, 1.165) is 20.9 Å². The van der Waals surface area contributed by atoms with Crippen LogP contribution in [0.5, 0.6) is 5.75 Å². The molecule has 0 spiro atoms. The first-order chi connectivity index (χ1) is 13.0. The minimum Gasteiger partial charge on any atom is -0.496 e. The van der Waals surface area contributed by atoms with E-state index in [-0.39, 0.29) is 6.54 Å². The Morgan fingerprint density at radius 2 is 2.07 bits per heavy atom. The highest BCUT2D eigenvalue weighted by Gasteiger charge is 2.12. The SMILES string of the molecule is COc1ccc(Br)cc1C(=O)N/N=C\c1cn(CC(N)=O)c2ccccc12. The molecule has 3 N–H and O–H groups in total. The summed E-state index contributed by atoms with van der Waals surface area (Å²) in [6, 6.07) is 12.7. The van der Waals surface area contributed by atoms with Gasteiger partial charge in [-0.25, -0.2) is 5.43 Å². The predicted octanol–water partition coefficient (Wildman–Crippen LogP) is 2.66. The van der Waals surface area contributed by atoms with E-state index in [0.29, 0.717) is 11.3 Å². The van der Waals surface area contributed by atoms with E-state index >= 15 is 0 Å². The van der Waals surface area contributed by atoms with Gasteiger partial charge in [-0.1, -0.05) is 34.1 Å². The van der Waals surface area contributed by atoms with Crippen LogP contribution in [0.25, 0.3) is 10.9 Å². The molecule has 27 heavy (non-hydrogen) atoms. The highest BCUT2D eigenvalue weighted by Crippen LogP contribution is 2.23. The Labute approximate surface area is 163 Å². The number of para-hydroxylation sites is 1. The quantitative estimate of drug-likeness (QED) is 0.466. The first kappa shape index (κ1) is 18.7. The van der Waals surface area contributed by atoms with Gasteiger partial charge in [-0.05, 0) is 24.3 Å². The van der Waals surface area contributed by atoms with Crippen LogP contribution in [0.3, 0.4) is 0 Å². The van der Waals surface area contributed by atoms with Crippen LogP contribution in [-0.4, -0.2) is 29.7 Å². The van der Waals surface area contributed by atoms with Crippen molar-refractivity contribution in [1.82, 2.24) is 9.99 Å². The zero-order chi connectivity index (χ0) is 19.4. The van der Waals surface area contributed by atoms with Crippen molar-refractivity contribution in [2.75, 3.05) is 7.11 Å². The van der Waals surface area contributed by atoms with Gasteiger partial charge in [0.05, 0.1) is 18.9 Å². The summed E-state index contributed by atoms with van der Waals surface area (Å²) >= 11 is 3.33. The molecule has 2 aromatic carbocycles. The molecule has 2 amide bonds. The second-order valence-electron chi connectivity index (χ2n) is 5.74. The molecule has 3 rings (SSSR count). The Morgan fingerprint density at radius 1 is 1.30 bits per heavy atom. The molecule has 0 atom stereocenters. The monoisotopic (exact) mass is 428 g/mol. The summed E-state index contributed by atoms with van der Waals surface area (Å²) in [5.41, 5.74) is 9.77. The van der Waals surface area contributed by atoms with Gasteiger partial charge >= 0.3 is 0 Å². The van der Waals surface area contributed by atoms with Crippen molar-refractivity contribution in [3.8, 4) is 5.75 Å². The predicted molar refractivity (Wildman–Crippen MR) is 107 cm³/mol. The van der Waals surface area contributed by atoms with Crippen LogP contribution in [-0.2, 0) is 11.3 Å². The Kier molecular flexibility index (Phi) is 5.56. The molecule has 0 fully saturated rings. The minimum absolute atomic E-state index is 0.0654. The minimum atomic E-state index is -0.436. The van der Waals surface area contributed by atoms with Gasteiger partial charge in [-0.2, -0.15) is 5.10 Å². The van der Waals surface area contributed by atoms with E-state index < -0.39 is 11.8 Å². The third-order valence-electron chi connectivity index (χ3n) is 3.92. The summed E-state index contributed by atoms with van der Waals surface area (Å²) in [4.78, 5) is 23.7. The van der Waals surface area contributed by atoms with Gasteiger partial charge in [0.2, 0.25) is 5.91 Å². The fraction of sp³-hybridized carbons (Fsp3) is 0.105.